The molecule has 0 spiro atoms. The molecule has 0 radical (unpaired) electrons. The van der Waals surface area contributed by atoms with E-state index >= 15 is 0 Å². The molecule has 0 fully saturated rings. The van der Waals surface area contributed by atoms with Gasteiger partial charge in [-0.3, -0.25) is 0 Å². The van der Waals surface area contributed by atoms with Crippen LogP contribution >= 0.6 is 0 Å². The van der Waals surface area contributed by atoms with Crippen LogP contribution in [0, 0.1) is 0 Å². The highest BCUT2D eigenvalue weighted by Crippen LogP contribution is 2.13. The first-order chi connectivity index (χ1) is 6.85. The van der Waals surface area contributed by atoms with E-state index < -0.39 is 0 Å². The van der Waals surface area contributed by atoms with Crippen LogP contribution in [0.15, 0.2) is 12.7 Å². The van der Waals surface area contributed by atoms with E-state index in [0.717, 1.165) is 0 Å². The zero-order chi connectivity index (χ0) is 10.6. The molecule has 1 unspecified atom stereocenters. The minimum atomic E-state index is 0.472. The third kappa shape index (κ3) is 8.31. The van der Waals surface area contributed by atoms with Crippen LogP contribution in [0.5, 0.6) is 0 Å². The highest BCUT2D eigenvalue weighted by atomic mass is 16.5. The molecule has 0 bridgehead atoms. The monoisotopic (exact) mass is 198 g/mol. The summed E-state index contributed by atoms with van der Waals surface area (Å²) >= 11 is 0. The maximum absolute atomic E-state index is 5.72. The molecule has 0 aliphatic heterocycles. The Labute approximate surface area is 89.5 Å². The second-order valence-corrected chi connectivity index (χ2v) is 3.88. The summed E-state index contributed by atoms with van der Waals surface area (Å²) in [6.07, 6.45) is 11.2. The number of rotatable bonds is 10. The molecule has 84 valence electrons. The van der Waals surface area contributed by atoms with Crippen molar-refractivity contribution in [2.24, 2.45) is 0 Å². The lowest BCUT2D eigenvalue weighted by Crippen LogP contribution is -2.13. The fourth-order valence-corrected chi connectivity index (χ4v) is 1.57. The van der Waals surface area contributed by atoms with Crippen molar-refractivity contribution in [3.8, 4) is 0 Å². The Balaban J connectivity index is 3.54. The van der Waals surface area contributed by atoms with Crippen molar-refractivity contribution in [2.75, 3.05) is 6.61 Å². The van der Waals surface area contributed by atoms with Gasteiger partial charge in [0.25, 0.3) is 0 Å². The van der Waals surface area contributed by atoms with Gasteiger partial charge in [0.05, 0.1) is 12.7 Å². The first-order valence-electron chi connectivity index (χ1n) is 6.07. The summed E-state index contributed by atoms with van der Waals surface area (Å²) in [5.41, 5.74) is 0. The Morgan fingerprint density at radius 3 is 2.29 bits per heavy atom. The number of ether oxygens (including phenoxy) is 1. The summed E-state index contributed by atoms with van der Waals surface area (Å²) in [7, 11) is 0. The molecule has 0 saturated carbocycles. The Kier molecular flexibility index (Phi) is 10.5. The Morgan fingerprint density at radius 2 is 1.71 bits per heavy atom. The smallest absolute Gasteiger partial charge is 0.0648 e. The maximum atomic E-state index is 5.72. The minimum absolute atomic E-state index is 0.472. The molecular formula is C13H26O. The number of unbranched alkanes of at least 4 members (excludes halogenated alkanes) is 3. The van der Waals surface area contributed by atoms with Crippen LogP contribution in [0.3, 0.4) is 0 Å². The highest BCUT2D eigenvalue weighted by Gasteiger charge is 2.06. The fourth-order valence-electron chi connectivity index (χ4n) is 1.57. The van der Waals surface area contributed by atoms with E-state index in [-0.39, 0.29) is 0 Å². The molecule has 0 heterocycles. The Morgan fingerprint density at radius 1 is 1.07 bits per heavy atom. The summed E-state index contributed by atoms with van der Waals surface area (Å²) in [6.45, 7) is 8.87. The Hall–Kier alpha value is -0.300. The first kappa shape index (κ1) is 13.7. The average molecular weight is 198 g/mol. The predicted molar refractivity (Wildman–Crippen MR) is 63.6 cm³/mol. The lowest BCUT2D eigenvalue weighted by Gasteiger charge is -2.16. The van der Waals surface area contributed by atoms with Crippen molar-refractivity contribution < 1.29 is 4.74 Å². The van der Waals surface area contributed by atoms with E-state index in [4.69, 9.17) is 4.74 Å². The van der Waals surface area contributed by atoms with Gasteiger partial charge in [0, 0.05) is 0 Å². The fraction of sp³-hybridized carbons (Fsp3) is 0.846. The van der Waals surface area contributed by atoms with Crippen LogP contribution in [-0.2, 0) is 4.74 Å². The molecule has 0 saturated heterocycles. The van der Waals surface area contributed by atoms with Crippen LogP contribution in [0.4, 0.5) is 0 Å². The average Bonchev–Trinajstić information content (AvgIpc) is 2.21. The van der Waals surface area contributed by atoms with E-state index in [9.17, 15) is 0 Å². The molecule has 0 amide bonds. The van der Waals surface area contributed by atoms with Gasteiger partial charge < -0.3 is 4.74 Å². The van der Waals surface area contributed by atoms with Crippen molar-refractivity contribution in [2.45, 2.75) is 64.9 Å². The van der Waals surface area contributed by atoms with E-state index in [2.05, 4.69) is 20.4 Å². The van der Waals surface area contributed by atoms with Gasteiger partial charge in [0.2, 0.25) is 0 Å². The molecule has 1 nitrogen and oxygen atoms in total. The van der Waals surface area contributed by atoms with Gasteiger partial charge in [-0.25, -0.2) is 0 Å². The molecule has 0 aromatic rings. The van der Waals surface area contributed by atoms with Crippen molar-refractivity contribution in [3.63, 3.8) is 0 Å². The van der Waals surface area contributed by atoms with Crippen LogP contribution in [0.1, 0.15) is 58.8 Å². The van der Waals surface area contributed by atoms with E-state index in [1.807, 2.05) is 6.08 Å². The van der Waals surface area contributed by atoms with Gasteiger partial charge in [0.15, 0.2) is 0 Å². The molecule has 1 heteroatoms. The lowest BCUT2D eigenvalue weighted by atomic mass is 10.1. The van der Waals surface area contributed by atoms with Gasteiger partial charge in [-0.05, 0) is 12.8 Å². The summed E-state index contributed by atoms with van der Waals surface area (Å²) in [4.78, 5) is 0. The molecule has 0 rings (SSSR count). The van der Waals surface area contributed by atoms with Gasteiger partial charge in [-0.15, -0.1) is 6.58 Å². The summed E-state index contributed by atoms with van der Waals surface area (Å²) in [6, 6.07) is 0. The highest BCUT2D eigenvalue weighted by molar-refractivity contribution is 4.67. The van der Waals surface area contributed by atoms with Gasteiger partial charge in [-0.1, -0.05) is 52.0 Å². The van der Waals surface area contributed by atoms with E-state index in [1.54, 1.807) is 0 Å². The van der Waals surface area contributed by atoms with Crippen LogP contribution in [0.2, 0.25) is 0 Å². The third-order valence-corrected chi connectivity index (χ3v) is 2.46. The standard InChI is InChI=1S/C13H26O/c1-4-7-9-11-13(10-8-5-2)14-12-6-3/h6,13H,3-5,7-12H2,1-2H3. The zero-order valence-corrected chi connectivity index (χ0v) is 9.93. The normalized spacial score (nSPS) is 12.7. The van der Waals surface area contributed by atoms with Crippen LogP contribution < -0.4 is 0 Å². The van der Waals surface area contributed by atoms with Gasteiger partial charge in [0.1, 0.15) is 0 Å². The lowest BCUT2D eigenvalue weighted by molar-refractivity contribution is 0.0579. The second-order valence-electron chi connectivity index (χ2n) is 3.88. The molecule has 14 heavy (non-hydrogen) atoms. The number of hydrogen-bond acceptors (Lipinski definition) is 1. The largest absolute Gasteiger partial charge is 0.374 e. The molecule has 1 atom stereocenters. The summed E-state index contributed by atoms with van der Waals surface area (Å²) in [5, 5.41) is 0. The molecule has 0 N–H and O–H groups in total. The van der Waals surface area contributed by atoms with Crippen molar-refractivity contribution in [1.29, 1.82) is 0 Å². The zero-order valence-electron chi connectivity index (χ0n) is 9.93. The molecule has 0 aliphatic rings. The SMILES string of the molecule is C=CCOC(CCCC)CCCCC. The molecule has 0 aromatic heterocycles. The van der Waals surface area contributed by atoms with E-state index in [0.29, 0.717) is 12.7 Å². The molecule has 0 aliphatic carbocycles. The summed E-state index contributed by atoms with van der Waals surface area (Å²) in [5.74, 6) is 0. The minimum Gasteiger partial charge on any atom is -0.374 e. The third-order valence-electron chi connectivity index (χ3n) is 2.46. The first-order valence-corrected chi connectivity index (χ1v) is 6.07. The van der Waals surface area contributed by atoms with Gasteiger partial charge in [-0.2, -0.15) is 0 Å². The quantitative estimate of drug-likeness (QED) is 0.375. The predicted octanol–water partition coefficient (Wildman–Crippen LogP) is 4.33. The van der Waals surface area contributed by atoms with Crippen molar-refractivity contribution in [3.05, 3.63) is 12.7 Å². The van der Waals surface area contributed by atoms with Crippen LogP contribution in [0.25, 0.3) is 0 Å². The van der Waals surface area contributed by atoms with Crippen molar-refractivity contribution in [1.82, 2.24) is 0 Å². The topological polar surface area (TPSA) is 9.23 Å². The summed E-state index contributed by atoms with van der Waals surface area (Å²) < 4.78 is 5.72. The molecular weight excluding hydrogens is 172 g/mol. The van der Waals surface area contributed by atoms with Gasteiger partial charge >= 0.3 is 0 Å². The number of hydrogen-bond donors (Lipinski definition) is 0. The second kappa shape index (κ2) is 10.8. The van der Waals surface area contributed by atoms with Crippen molar-refractivity contribution >= 4 is 0 Å². The Bertz CT molecular complexity index is 120. The maximum Gasteiger partial charge on any atom is 0.0648 e. The van der Waals surface area contributed by atoms with E-state index in [1.165, 1.54) is 44.9 Å². The van der Waals surface area contributed by atoms with Crippen LogP contribution in [-0.4, -0.2) is 12.7 Å². The molecule has 0 aromatic carbocycles.